The normalized spacial score (nSPS) is 11.0. The predicted octanol–water partition coefficient (Wildman–Crippen LogP) is 6.26. The smallest absolute Gasteiger partial charge is 0.329 e. The van der Waals surface area contributed by atoms with Crippen molar-refractivity contribution in [1.29, 1.82) is 0 Å². The molecule has 0 radical (unpaired) electrons. The van der Waals surface area contributed by atoms with E-state index in [1.54, 1.807) is 67.6 Å². The summed E-state index contributed by atoms with van der Waals surface area (Å²) in [5.41, 5.74) is 2.16. The van der Waals surface area contributed by atoms with Gasteiger partial charge >= 0.3 is 5.97 Å². The second-order valence-corrected chi connectivity index (χ2v) is 11.1. The van der Waals surface area contributed by atoms with Crippen LogP contribution in [-0.2, 0) is 19.4 Å². The lowest BCUT2D eigenvalue weighted by Gasteiger charge is -2.28. The van der Waals surface area contributed by atoms with Gasteiger partial charge in [0.1, 0.15) is 0 Å². The summed E-state index contributed by atoms with van der Waals surface area (Å²) in [6.45, 7) is 3.49. The first kappa shape index (κ1) is 27.4. The van der Waals surface area contributed by atoms with Crippen LogP contribution in [0.2, 0.25) is 10.0 Å². The van der Waals surface area contributed by atoms with Crippen molar-refractivity contribution >= 4 is 39.0 Å². The summed E-state index contributed by atoms with van der Waals surface area (Å²) in [4.78, 5) is 13.4. The van der Waals surface area contributed by atoms with Crippen LogP contribution in [0.5, 0.6) is 0 Å². The van der Waals surface area contributed by atoms with E-state index in [4.69, 9.17) is 27.9 Å². The van der Waals surface area contributed by atoms with Crippen LogP contribution in [-0.4, -0.2) is 25.7 Å². The van der Waals surface area contributed by atoms with E-state index in [0.717, 1.165) is 5.56 Å². The zero-order valence-corrected chi connectivity index (χ0v) is 22.2. The van der Waals surface area contributed by atoms with E-state index < -0.39 is 20.6 Å². The predicted molar refractivity (Wildman–Crippen MR) is 144 cm³/mol. The van der Waals surface area contributed by atoms with Gasteiger partial charge in [0.2, 0.25) is 0 Å². The maximum absolute atomic E-state index is 14.0. The molecule has 0 saturated carbocycles. The van der Waals surface area contributed by atoms with Crippen LogP contribution < -0.4 is 0 Å². The van der Waals surface area contributed by atoms with Crippen molar-refractivity contribution in [3.8, 4) is 23.7 Å². The van der Waals surface area contributed by atoms with Crippen LogP contribution in [0.4, 0.5) is 0 Å². The maximum atomic E-state index is 14.0. The number of esters is 1. The first-order valence-corrected chi connectivity index (χ1v) is 13.4. The average Bonchev–Trinajstić information content (AvgIpc) is 2.85. The van der Waals surface area contributed by atoms with Gasteiger partial charge in [-0.1, -0.05) is 64.6 Å². The van der Waals surface area contributed by atoms with Crippen LogP contribution in [0.1, 0.15) is 36.5 Å². The third-order valence-corrected chi connectivity index (χ3v) is 8.28. The highest BCUT2D eigenvalue weighted by atomic mass is 35.5. The van der Waals surface area contributed by atoms with Crippen molar-refractivity contribution in [2.75, 3.05) is 6.61 Å². The molecule has 0 unspecified atom stereocenters. The first-order chi connectivity index (χ1) is 17.2. The topological polar surface area (TPSA) is 60.4 Å². The number of carbonyl (C=O) groups is 1. The molecular formula is C29H24Cl2O4S. The van der Waals surface area contributed by atoms with E-state index in [1.807, 2.05) is 6.92 Å². The Labute approximate surface area is 222 Å². The number of benzene rings is 3. The molecule has 0 heterocycles. The molecule has 36 heavy (non-hydrogen) atoms. The van der Waals surface area contributed by atoms with Gasteiger partial charge in [-0.05, 0) is 74.5 Å². The Morgan fingerprint density at radius 2 is 1.25 bits per heavy atom. The number of carbonyl (C=O) groups excluding carboxylic acids is 1. The van der Waals surface area contributed by atoms with Crippen molar-refractivity contribution in [2.45, 2.75) is 36.3 Å². The highest BCUT2D eigenvalue weighted by Gasteiger charge is 2.52. The molecule has 3 aromatic carbocycles. The highest BCUT2D eigenvalue weighted by molar-refractivity contribution is 7.93. The first-order valence-electron chi connectivity index (χ1n) is 11.2. The van der Waals surface area contributed by atoms with Crippen LogP contribution in [0.25, 0.3) is 0 Å². The molecular weight excluding hydrogens is 515 g/mol. The van der Waals surface area contributed by atoms with Gasteiger partial charge in [-0.15, -0.1) is 0 Å². The second kappa shape index (κ2) is 12.2. The molecule has 0 atom stereocenters. The quantitative estimate of drug-likeness (QED) is 0.274. The molecule has 3 aromatic rings. The van der Waals surface area contributed by atoms with Crippen molar-refractivity contribution < 1.29 is 17.9 Å². The number of hydrogen-bond donors (Lipinski definition) is 0. The Balaban J connectivity index is 2.11. The number of rotatable bonds is 6. The van der Waals surface area contributed by atoms with Crippen LogP contribution in [0.15, 0.2) is 77.7 Å². The number of sulfone groups is 1. The van der Waals surface area contributed by atoms with E-state index in [2.05, 4.69) is 23.7 Å². The second-order valence-electron chi connectivity index (χ2n) is 8.00. The van der Waals surface area contributed by atoms with Gasteiger partial charge in [0.25, 0.3) is 0 Å². The van der Waals surface area contributed by atoms with Crippen LogP contribution in [0.3, 0.4) is 0 Å². The fraction of sp³-hybridized carbons (Fsp3) is 0.207. The van der Waals surface area contributed by atoms with E-state index in [1.165, 1.54) is 12.1 Å². The van der Waals surface area contributed by atoms with Crippen molar-refractivity contribution in [1.82, 2.24) is 0 Å². The van der Waals surface area contributed by atoms with Crippen molar-refractivity contribution in [3.05, 3.63) is 99.5 Å². The van der Waals surface area contributed by atoms with E-state index in [9.17, 15) is 13.2 Å². The zero-order chi connectivity index (χ0) is 26.2. The molecule has 0 spiro atoms. The molecule has 0 bridgehead atoms. The molecule has 0 aliphatic heterocycles. The lowest BCUT2D eigenvalue weighted by molar-refractivity contribution is -0.146. The SMILES string of the molecule is CCOC(=O)C(CC#Cc1ccc(Cl)cc1)(CC#Cc1ccc(Cl)cc1)S(=O)(=O)c1ccc(C)cc1. The molecule has 184 valence electrons. The summed E-state index contributed by atoms with van der Waals surface area (Å²) in [5.74, 6) is 10.7. The minimum Gasteiger partial charge on any atom is -0.465 e. The number of hydrogen-bond acceptors (Lipinski definition) is 4. The molecule has 0 aliphatic rings. The summed E-state index contributed by atoms with van der Waals surface area (Å²) in [6, 6.07) is 19.9. The maximum Gasteiger partial charge on any atom is 0.329 e. The van der Waals surface area contributed by atoms with Gasteiger partial charge in [-0.2, -0.15) is 0 Å². The van der Waals surface area contributed by atoms with E-state index in [-0.39, 0.29) is 24.3 Å². The Morgan fingerprint density at radius 3 is 1.67 bits per heavy atom. The standard InChI is InChI=1S/C29H24Cl2O4S/c1-3-35-28(32)29(20-4-6-23-10-14-25(30)15-11-23,21-5-7-24-12-16-26(31)17-13-24)36(33,34)27-18-8-22(2)9-19-27/h8-19H,3,20-21H2,1-2H3. The van der Waals surface area contributed by atoms with Gasteiger partial charge in [-0.25, -0.2) is 8.42 Å². The minimum atomic E-state index is -4.24. The third-order valence-electron chi connectivity index (χ3n) is 5.39. The highest BCUT2D eigenvalue weighted by Crippen LogP contribution is 2.34. The molecule has 0 aliphatic carbocycles. The van der Waals surface area contributed by atoms with Crippen LogP contribution in [0, 0.1) is 30.6 Å². The minimum absolute atomic E-state index is 0.00254. The summed E-state index contributed by atoms with van der Waals surface area (Å²) >= 11 is 11.9. The summed E-state index contributed by atoms with van der Waals surface area (Å²) in [7, 11) is -4.24. The average molecular weight is 539 g/mol. The lowest BCUT2D eigenvalue weighted by Crippen LogP contribution is -2.47. The van der Waals surface area contributed by atoms with Gasteiger partial charge < -0.3 is 4.74 Å². The molecule has 3 rings (SSSR count). The zero-order valence-electron chi connectivity index (χ0n) is 19.8. The fourth-order valence-electron chi connectivity index (χ4n) is 3.36. The molecule has 0 fully saturated rings. The molecule has 0 N–H and O–H groups in total. The Kier molecular flexibility index (Phi) is 9.24. The Bertz CT molecular complexity index is 1370. The monoisotopic (exact) mass is 538 g/mol. The number of halogens is 2. The third kappa shape index (κ3) is 6.50. The lowest BCUT2D eigenvalue weighted by atomic mass is 10.00. The van der Waals surface area contributed by atoms with Crippen molar-refractivity contribution in [3.63, 3.8) is 0 Å². The fourth-order valence-corrected chi connectivity index (χ4v) is 5.36. The number of aryl methyl sites for hydroxylation is 1. The Morgan fingerprint density at radius 1 is 0.806 bits per heavy atom. The summed E-state index contributed by atoms with van der Waals surface area (Å²) < 4.78 is 31.2. The molecule has 4 nitrogen and oxygen atoms in total. The van der Waals surface area contributed by atoms with Crippen LogP contribution >= 0.6 is 23.2 Å². The van der Waals surface area contributed by atoms with Gasteiger partial charge in [0.05, 0.1) is 11.5 Å². The largest absolute Gasteiger partial charge is 0.465 e. The number of ether oxygens (including phenoxy) is 1. The molecule has 0 aromatic heterocycles. The molecule has 0 saturated heterocycles. The van der Waals surface area contributed by atoms with Gasteiger partial charge in [0, 0.05) is 34.0 Å². The van der Waals surface area contributed by atoms with E-state index in [0.29, 0.717) is 21.2 Å². The summed E-state index contributed by atoms with van der Waals surface area (Å²) in [5, 5.41) is 1.11. The molecule has 0 amide bonds. The van der Waals surface area contributed by atoms with Gasteiger partial charge in [-0.3, -0.25) is 4.79 Å². The summed E-state index contributed by atoms with van der Waals surface area (Å²) in [6.07, 6.45) is -0.611. The Hall–Kier alpha value is -3.22. The molecule has 7 heteroatoms. The van der Waals surface area contributed by atoms with Gasteiger partial charge in [0.15, 0.2) is 14.6 Å². The van der Waals surface area contributed by atoms with E-state index >= 15 is 0 Å². The van der Waals surface area contributed by atoms with Crippen molar-refractivity contribution in [2.24, 2.45) is 0 Å².